The standard InChI is InChI=1S/C30H29ClN8O13S2/c31-18-12(1-2-15(40)21(18)44)20(43)22(45)33-6-3-17(42)35-39-8-7-38(28(39)51)30(26(49)50)11-37-23(46)13(24(37)54-30)9-16(41)19(14-10-53-27(32)34-14)36-52-29(4-5-29)25(47)48/h1-2,10,13,24,40,44H,3-9,11H2,(H2,32,34)(H,33,45)(H,35,42)(H,47,48)(H,49,50)/b36-19-/t13-,24-,30-/m1/s1. The molecule has 1 aromatic heterocycles. The zero-order valence-corrected chi connectivity index (χ0v) is 29.9. The minimum atomic E-state index is -1.99. The lowest BCUT2D eigenvalue weighted by Gasteiger charge is -2.40. The fourth-order valence-corrected chi connectivity index (χ4v) is 8.36. The number of benzene rings is 1. The van der Waals surface area contributed by atoms with Gasteiger partial charge < -0.3 is 41.2 Å². The number of hydrogen-bond acceptors (Lipinski definition) is 16. The summed E-state index contributed by atoms with van der Waals surface area (Å²) in [5.41, 5.74) is 5.71. The third kappa shape index (κ3) is 6.80. The van der Waals surface area contributed by atoms with E-state index in [4.69, 9.17) is 22.2 Å². The Morgan fingerprint density at radius 2 is 1.81 bits per heavy atom. The maximum atomic E-state index is 13.5. The van der Waals surface area contributed by atoms with E-state index in [2.05, 4.69) is 20.9 Å². The molecule has 0 spiro atoms. The number of carboxylic acids is 2. The SMILES string of the molecule is Nc1nc(/C(=N/OC2(C(=O)O)CC2)C(=O)C[C@@H]2C(=O)N3C[C@@](C(=O)O)(N4CCN(NC(=O)CCNC(=O)C(=O)c5ccc(O)c(O)c5Cl)C4=O)S[C@H]23)cs1. The summed E-state index contributed by atoms with van der Waals surface area (Å²) in [6.45, 7) is -1.12. The van der Waals surface area contributed by atoms with E-state index in [1.807, 2.05) is 0 Å². The number of fused-ring (bicyclic) bond motifs is 1. The summed E-state index contributed by atoms with van der Waals surface area (Å²) < 4.78 is 0. The number of Topliss-reactive ketones (excluding diaryl/α,β-unsaturated/α-hetero) is 2. The molecular formula is C30H29ClN8O13S2. The van der Waals surface area contributed by atoms with Crippen LogP contribution in [0.4, 0.5) is 9.93 Å². The Kier molecular flexibility index (Phi) is 10.1. The molecule has 0 unspecified atom stereocenters. The summed E-state index contributed by atoms with van der Waals surface area (Å²) in [5, 5.41) is 46.0. The van der Waals surface area contributed by atoms with E-state index >= 15 is 0 Å². The number of carboxylic acid groups (broad SMARTS) is 2. The number of oxime groups is 1. The van der Waals surface area contributed by atoms with Crippen LogP contribution in [0.1, 0.15) is 41.7 Å². The predicted molar refractivity (Wildman–Crippen MR) is 184 cm³/mol. The Hall–Kier alpha value is -5.68. The molecule has 1 aromatic carbocycles. The van der Waals surface area contributed by atoms with E-state index in [1.165, 1.54) is 10.3 Å². The van der Waals surface area contributed by atoms with Gasteiger partial charge in [0.2, 0.25) is 22.3 Å². The molecule has 8 N–H and O–H groups in total. The van der Waals surface area contributed by atoms with Crippen LogP contribution in [0.15, 0.2) is 22.7 Å². The maximum absolute atomic E-state index is 13.5. The number of carbonyl (C=O) groups excluding carboxylic acids is 6. The third-order valence-corrected chi connectivity index (χ3v) is 11.8. The van der Waals surface area contributed by atoms with Crippen LogP contribution in [-0.4, -0.2) is 135 Å². The van der Waals surface area contributed by atoms with Gasteiger partial charge in [0.05, 0.1) is 35.0 Å². The van der Waals surface area contributed by atoms with Crippen LogP contribution in [0.3, 0.4) is 0 Å². The molecule has 21 nitrogen and oxygen atoms in total. The largest absolute Gasteiger partial charge is 0.504 e. The van der Waals surface area contributed by atoms with Crippen LogP contribution in [0.25, 0.3) is 0 Å². The van der Waals surface area contributed by atoms with Gasteiger partial charge in [-0.25, -0.2) is 24.4 Å². The molecule has 4 fully saturated rings. The van der Waals surface area contributed by atoms with Gasteiger partial charge in [0, 0.05) is 44.2 Å². The van der Waals surface area contributed by atoms with Crippen LogP contribution in [0.5, 0.6) is 11.5 Å². The lowest BCUT2D eigenvalue weighted by Crippen LogP contribution is -2.60. The minimum absolute atomic E-state index is 0.00656. The molecule has 24 heteroatoms. The number of phenols is 2. The van der Waals surface area contributed by atoms with Gasteiger partial charge in [0.1, 0.15) is 5.69 Å². The molecule has 1 aliphatic carbocycles. The summed E-state index contributed by atoms with van der Waals surface area (Å²) in [7, 11) is 0. The lowest BCUT2D eigenvalue weighted by molar-refractivity contribution is -0.154. The number of carbonyl (C=O) groups is 8. The van der Waals surface area contributed by atoms with E-state index in [0.717, 1.165) is 45.1 Å². The quantitative estimate of drug-likeness (QED) is 0.0299. The molecule has 3 aliphatic heterocycles. The topological polar surface area (TPSA) is 312 Å². The number of ketones is 2. The minimum Gasteiger partial charge on any atom is -0.504 e. The van der Waals surface area contributed by atoms with Crippen molar-refractivity contribution in [3.8, 4) is 11.5 Å². The number of hydrazine groups is 1. The number of nitrogens with one attached hydrogen (secondary N) is 2. The van der Waals surface area contributed by atoms with Gasteiger partial charge in [0.15, 0.2) is 28.1 Å². The summed E-state index contributed by atoms with van der Waals surface area (Å²) >= 11 is 7.59. The van der Waals surface area contributed by atoms with Crippen LogP contribution >= 0.6 is 34.7 Å². The molecule has 4 heterocycles. The molecule has 3 saturated heterocycles. The number of aromatic nitrogens is 1. The number of rotatable bonds is 15. The number of thioether (sulfide) groups is 1. The van der Waals surface area contributed by atoms with Crippen molar-refractivity contribution in [3.63, 3.8) is 0 Å². The highest BCUT2D eigenvalue weighted by Crippen LogP contribution is 2.53. The number of nitrogen functional groups attached to an aromatic ring is 1. The average molecular weight is 809 g/mol. The van der Waals surface area contributed by atoms with Crippen molar-refractivity contribution in [1.29, 1.82) is 0 Å². The van der Waals surface area contributed by atoms with Gasteiger partial charge in [-0.2, -0.15) is 0 Å². The average Bonchev–Trinajstić information content (AvgIpc) is 3.47. The molecular weight excluding hydrogens is 780 g/mol. The second-order valence-electron chi connectivity index (χ2n) is 12.5. The number of aromatic hydroxyl groups is 2. The normalized spacial score (nSPS) is 22.7. The van der Waals surface area contributed by atoms with Crippen LogP contribution in [0.2, 0.25) is 5.02 Å². The van der Waals surface area contributed by atoms with Gasteiger partial charge in [-0.05, 0) is 12.1 Å². The zero-order chi connectivity index (χ0) is 39.3. The highest BCUT2D eigenvalue weighted by atomic mass is 35.5. The van der Waals surface area contributed by atoms with Crippen LogP contribution < -0.4 is 16.5 Å². The molecule has 2 aromatic rings. The lowest BCUT2D eigenvalue weighted by atomic mass is 9.90. The highest BCUT2D eigenvalue weighted by molar-refractivity contribution is 8.02. The third-order valence-electron chi connectivity index (χ3n) is 9.01. The van der Waals surface area contributed by atoms with Crippen molar-refractivity contribution in [2.45, 2.75) is 41.5 Å². The van der Waals surface area contributed by atoms with Crippen molar-refractivity contribution >= 4 is 92.8 Å². The first kappa shape index (κ1) is 38.1. The molecule has 4 aliphatic rings. The smallest absolute Gasteiger partial charge is 0.350 e. The summed E-state index contributed by atoms with van der Waals surface area (Å²) in [4.78, 5) is 111. The van der Waals surface area contributed by atoms with Crippen molar-refractivity contribution in [1.82, 2.24) is 30.5 Å². The second kappa shape index (κ2) is 14.3. The van der Waals surface area contributed by atoms with E-state index in [0.29, 0.717) is 0 Å². The number of anilines is 1. The number of amides is 5. The number of halogens is 1. The van der Waals surface area contributed by atoms with Gasteiger partial charge in [-0.3, -0.25) is 34.3 Å². The second-order valence-corrected chi connectivity index (χ2v) is 15.1. The fourth-order valence-electron chi connectivity index (χ4n) is 5.88. The van der Waals surface area contributed by atoms with Gasteiger partial charge in [0.25, 0.3) is 11.7 Å². The van der Waals surface area contributed by atoms with Gasteiger partial charge in [-0.15, -0.1) is 11.3 Å². The Balaban J connectivity index is 1.06. The Labute approximate surface area is 316 Å². The predicted octanol–water partition coefficient (Wildman–Crippen LogP) is -0.443. The maximum Gasteiger partial charge on any atom is 0.350 e. The number of hydrogen-bond donors (Lipinski definition) is 7. The van der Waals surface area contributed by atoms with E-state index in [1.54, 1.807) is 0 Å². The Bertz CT molecular complexity index is 2040. The highest BCUT2D eigenvalue weighted by Gasteiger charge is 2.66. The molecule has 5 amide bonds. The molecule has 0 radical (unpaired) electrons. The summed E-state index contributed by atoms with van der Waals surface area (Å²) in [5.74, 6) is -9.55. The number of phenolic OH excluding ortho intramolecular Hbond substituents is 2. The first-order chi connectivity index (χ1) is 25.5. The number of β-lactam (4-membered cyclic amide) rings is 1. The summed E-state index contributed by atoms with van der Waals surface area (Å²) in [6.07, 6.45) is -0.550. The molecule has 0 bridgehead atoms. The number of thiazole rings is 1. The number of urea groups is 1. The Morgan fingerprint density at radius 1 is 1.09 bits per heavy atom. The van der Waals surface area contributed by atoms with Crippen molar-refractivity contribution in [2.24, 2.45) is 11.1 Å². The van der Waals surface area contributed by atoms with Crippen molar-refractivity contribution < 1.29 is 63.6 Å². The first-order valence-corrected chi connectivity index (χ1v) is 18.0. The molecule has 6 rings (SSSR count). The Morgan fingerprint density at radius 3 is 2.44 bits per heavy atom. The monoisotopic (exact) mass is 808 g/mol. The molecule has 1 saturated carbocycles. The van der Waals surface area contributed by atoms with Gasteiger partial charge >= 0.3 is 18.0 Å². The zero-order valence-electron chi connectivity index (χ0n) is 27.5. The molecule has 286 valence electrons. The number of nitrogens with two attached hydrogens (primary N) is 1. The van der Waals surface area contributed by atoms with E-state index in [9.17, 15) is 58.8 Å². The first-order valence-electron chi connectivity index (χ1n) is 15.9. The van der Waals surface area contributed by atoms with Crippen molar-refractivity contribution in [2.75, 3.05) is 31.9 Å². The van der Waals surface area contributed by atoms with E-state index < -0.39 is 110 Å². The van der Waals surface area contributed by atoms with Crippen LogP contribution in [-0.2, 0) is 33.6 Å². The number of aliphatic carboxylic acids is 2. The summed E-state index contributed by atoms with van der Waals surface area (Å²) in [6, 6.07) is 1.09. The van der Waals surface area contributed by atoms with Crippen LogP contribution in [0, 0.1) is 5.92 Å². The van der Waals surface area contributed by atoms with Crippen molar-refractivity contribution in [3.05, 3.63) is 33.8 Å². The van der Waals surface area contributed by atoms with E-state index in [-0.39, 0.29) is 49.0 Å². The number of nitrogens with zero attached hydrogens (tertiary/aromatic N) is 5. The molecule has 3 atom stereocenters. The van der Waals surface area contributed by atoms with Gasteiger partial charge in [-0.1, -0.05) is 28.5 Å². The fraction of sp³-hybridized carbons (Fsp3) is 0.400. The molecule has 54 heavy (non-hydrogen) atoms.